The summed E-state index contributed by atoms with van der Waals surface area (Å²) in [5, 5.41) is 10.8. The van der Waals surface area contributed by atoms with Crippen LogP contribution in [-0.4, -0.2) is 52.6 Å². The Labute approximate surface area is 333 Å². The zero-order valence-corrected chi connectivity index (χ0v) is 36.3. The van der Waals surface area contributed by atoms with Gasteiger partial charge in [0, 0.05) is 11.8 Å². The van der Waals surface area contributed by atoms with Crippen LogP contribution in [-0.2, 0) is 9.59 Å². The molecule has 0 amide bonds. The largest absolute Gasteiger partial charge is 0.393 e. The number of halogens is 1. The second-order valence-electron chi connectivity index (χ2n) is 22.4. The van der Waals surface area contributed by atoms with Crippen molar-refractivity contribution in [3.05, 3.63) is 0 Å². The van der Waals surface area contributed by atoms with E-state index in [0.717, 1.165) is 98.6 Å². The van der Waals surface area contributed by atoms with Crippen molar-refractivity contribution >= 4 is 27.5 Å². The molecule has 1 heterocycles. The summed E-state index contributed by atoms with van der Waals surface area (Å²) < 4.78 is 0. The molecule has 9 aliphatic rings. The van der Waals surface area contributed by atoms with E-state index >= 15 is 0 Å². The SMILES string of the molecule is C[C@H]1CC[C@@]2(C)[C@@H](CC[C@@H]3[C@@H]2CC[C@]2(C)[C@@H](C(=O)CBr)CC[C@@H]32)C1.C[C@]12CC[C@H](O)C[C@@H]1CC[C@@H]1[C@@H]2CC[C@]2(C)[C@@H](C(=O)CN3CCCCC3)CC[C@@H]12. The average Bonchev–Trinajstić information content (AvgIpc) is 3.69. The molecular weight excluding hydrogens is 718 g/mol. The molecule has 1 aliphatic heterocycles. The minimum Gasteiger partial charge on any atom is -0.393 e. The van der Waals surface area contributed by atoms with Crippen LogP contribution in [0.3, 0.4) is 0 Å². The number of aliphatic hydroxyl groups excluding tert-OH is 1. The molecule has 0 unspecified atom stereocenters. The molecule has 0 bridgehead atoms. The van der Waals surface area contributed by atoms with E-state index < -0.39 is 0 Å². The molecule has 300 valence electrons. The fourth-order valence-electron chi connectivity index (χ4n) is 17.3. The molecule has 0 radical (unpaired) electrons. The summed E-state index contributed by atoms with van der Waals surface area (Å²) in [6.07, 6.45) is 27.3. The number of piperidine rings is 1. The second-order valence-corrected chi connectivity index (χ2v) is 22.9. The molecule has 0 aromatic carbocycles. The Morgan fingerprint density at radius 1 is 0.585 bits per heavy atom. The lowest BCUT2D eigenvalue weighted by molar-refractivity contribution is -0.140. The predicted octanol–water partition coefficient (Wildman–Crippen LogP) is 11.3. The minimum atomic E-state index is -0.0539. The molecule has 9 rings (SSSR count). The Morgan fingerprint density at radius 2 is 1.08 bits per heavy atom. The normalized spacial score (nSPS) is 52.0. The summed E-state index contributed by atoms with van der Waals surface area (Å²) in [5.74, 6) is 9.45. The number of hydrogen-bond acceptors (Lipinski definition) is 4. The Kier molecular flexibility index (Phi) is 11.3. The molecule has 0 aromatic heterocycles. The highest BCUT2D eigenvalue weighted by atomic mass is 79.9. The van der Waals surface area contributed by atoms with Crippen LogP contribution in [0.1, 0.15) is 169 Å². The number of Topliss-reactive ketones (excluding diaryl/α,β-unsaturated/α-hetero) is 2. The highest BCUT2D eigenvalue weighted by Crippen LogP contribution is 2.69. The number of ketones is 2. The third-order valence-corrected chi connectivity index (χ3v) is 20.9. The van der Waals surface area contributed by atoms with Crippen molar-refractivity contribution in [2.24, 2.45) is 86.8 Å². The van der Waals surface area contributed by atoms with Crippen LogP contribution < -0.4 is 0 Å². The summed E-state index contributed by atoms with van der Waals surface area (Å²) in [7, 11) is 0. The molecule has 8 aliphatic carbocycles. The molecule has 1 saturated heterocycles. The fourth-order valence-corrected chi connectivity index (χ4v) is 17.7. The maximum Gasteiger partial charge on any atom is 0.150 e. The van der Waals surface area contributed by atoms with Gasteiger partial charge in [0.05, 0.1) is 18.0 Å². The Bertz CT molecular complexity index is 1350. The summed E-state index contributed by atoms with van der Waals surface area (Å²) in [6.45, 7) is 15.7. The average molecular weight is 797 g/mol. The van der Waals surface area contributed by atoms with Gasteiger partial charge in [-0.1, -0.05) is 63.4 Å². The van der Waals surface area contributed by atoms with Crippen molar-refractivity contribution in [3.63, 3.8) is 0 Å². The number of nitrogens with zero attached hydrogens (tertiary/aromatic N) is 1. The third-order valence-electron chi connectivity index (χ3n) is 20.3. The van der Waals surface area contributed by atoms with Gasteiger partial charge >= 0.3 is 0 Å². The lowest BCUT2D eigenvalue weighted by atomic mass is 9.44. The lowest BCUT2D eigenvalue weighted by Gasteiger charge is -2.61. The lowest BCUT2D eigenvalue weighted by Crippen LogP contribution is -2.54. The fraction of sp³-hybridized carbons (Fsp3) is 0.958. The van der Waals surface area contributed by atoms with Gasteiger partial charge in [0.25, 0.3) is 0 Å². The number of aliphatic hydroxyl groups is 1. The van der Waals surface area contributed by atoms with Gasteiger partial charge in [-0.3, -0.25) is 14.5 Å². The second kappa shape index (κ2) is 15.2. The third kappa shape index (κ3) is 6.75. The number of alkyl halides is 1. The van der Waals surface area contributed by atoms with Gasteiger partial charge < -0.3 is 5.11 Å². The van der Waals surface area contributed by atoms with E-state index in [2.05, 4.69) is 55.4 Å². The van der Waals surface area contributed by atoms with E-state index in [9.17, 15) is 14.7 Å². The van der Waals surface area contributed by atoms with Crippen LogP contribution in [0.2, 0.25) is 0 Å². The minimum absolute atomic E-state index is 0.0539. The van der Waals surface area contributed by atoms with E-state index in [1.54, 1.807) is 0 Å². The van der Waals surface area contributed by atoms with Crippen LogP contribution in [0.15, 0.2) is 0 Å². The molecule has 9 fully saturated rings. The zero-order valence-electron chi connectivity index (χ0n) is 34.7. The van der Waals surface area contributed by atoms with Crippen LogP contribution in [0.4, 0.5) is 0 Å². The van der Waals surface area contributed by atoms with E-state index in [1.165, 1.54) is 109 Å². The highest BCUT2D eigenvalue weighted by molar-refractivity contribution is 9.09. The first-order valence-corrected chi connectivity index (χ1v) is 24.5. The molecule has 1 N–H and O–H groups in total. The number of carbonyl (C=O) groups is 2. The quantitative estimate of drug-likeness (QED) is 0.282. The van der Waals surface area contributed by atoms with Crippen LogP contribution in [0.5, 0.6) is 0 Å². The van der Waals surface area contributed by atoms with Crippen LogP contribution in [0.25, 0.3) is 0 Å². The van der Waals surface area contributed by atoms with Gasteiger partial charge in [0.1, 0.15) is 11.6 Å². The van der Waals surface area contributed by atoms with Gasteiger partial charge in [-0.15, -0.1) is 0 Å². The maximum atomic E-state index is 13.4. The van der Waals surface area contributed by atoms with Crippen molar-refractivity contribution < 1.29 is 14.7 Å². The monoisotopic (exact) mass is 796 g/mol. The molecule has 53 heavy (non-hydrogen) atoms. The number of carbonyl (C=O) groups excluding carboxylic acids is 2. The molecule has 16 atom stereocenters. The topological polar surface area (TPSA) is 57.6 Å². The standard InChI is InChI=1S/C26H43NO2.C22H35BrO/c1-25-12-10-19(28)16-18(25)6-7-20-21-8-9-23(26(21,2)13-11-22(20)25)24(29)17-27-14-4-3-5-15-27;1-14-8-10-21(2)15(12-14)4-5-16-17-6-7-19(20(24)13-23)22(17,3)11-9-18(16)21/h18-23,28H,3-17H2,1-2H3;14-19H,4-13H2,1-3H3/t18-,19-,20-,21-,22-,23+,25-,26-;14-,15-,16-,17-,18-,19+,21-,22-/m00/s1. The van der Waals surface area contributed by atoms with E-state index in [1.807, 2.05) is 0 Å². The first-order valence-electron chi connectivity index (χ1n) is 23.3. The first-order chi connectivity index (χ1) is 25.3. The first kappa shape index (κ1) is 39.6. The summed E-state index contributed by atoms with van der Waals surface area (Å²) in [4.78, 5) is 28.3. The zero-order chi connectivity index (χ0) is 37.3. The Hall–Kier alpha value is -0.260. The molecule has 0 aromatic rings. The number of rotatable bonds is 5. The van der Waals surface area contributed by atoms with Crippen molar-refractivity contribution in [1.82, 2.24) is 4.90 Å². The van der Waals surface area contributed by atoms with Gasteiger partial charge in [0.15, 0.2) is 0 Å². The Balaban J connectivity index is 0.000000154. The van der Waals surface area contributed by atoms with Gasteiger partial charge in [-0.2, -0.15) is 0 Å². The van der Waals surface area contributed by atoms with Crippen molar-refractivity contribution in [2.75, 3.05) is 25.0 Å². The van der Waals surface area contributed by atoms with Gasteiger partial charge in [-0.25, -0.2) is 0 Å². The highest BCUT2D eigenvalue weighted by Gasteiger charge is 2.62. The van der Waals surface area contributed by atoms with E-state index in [0.29, 0.717) is 45.0 Å². The number of likely N-dealkylation sites (tertiary alicyclic amines) is 1. The van der Waals surface area contributed by atoms with Crippen LogP contribution >= 0.6 is 15.9 Å². The summed E-state index contributed by atoms with van der Waals surface area (Å²) in [6, 6.07) is 0. The van der Waals surface area contributed by atoms with Crippen molar-refractivity contribution in [1.29, 1.82) is 0 Å². The number of fused-ring (bicyclic) bond motifs is 10. The number of hydrogen-bond donors (Lipinski definition) is 1. The molecule has 5 heteroatoms. The summed E-state index contributed by atoms with van der Waals surface area (Å²) in [5.41, 5.74) is 1.61. The van der Waals surface area contributed by atoms with E-state index in [4.69, 9.17) is 0 Å². The van der Waals surface area contributed by atoms with Gasteiger partial charge in [0.2, 0.25) is 0 Å². The van der Waals surface area contributed by atoms with Gasteiger partial charge in [-0.05, 0) is 210 Å². The van der Waals surface area contributed by atoms with E-state index in [-0.39, 0.29) is 11.5 Å². The maximum absolute atomic E-state index is 13.4. The van der Waals surface area contributed by atoms with Crippen molar-refractivity contribution in [3.8, 4) is 0 Å². The molecule has 8 saturated carbocycles. The molecule has 4 nitrogen and oxygen atoms in total. The smallest absolute Gasteiger partial charge is 0.150 e. The molecular formula is C48H78BrNO3. The van der Waals surface area contributed by atoms with Crippen LogP contribution in [0, 0.1) is 86.8 Å². The predicted molar refractivity (Wildman–Crippen MR) is 220 cm³/mol. The summed E-state index contributed by atoms with van der Waals surface area (Å²) >= 11 is 3.44. The Morgan fingerprint density at radius 3 is 1.64 bits per heavy atom. The molecule has 0 spiro atoms. The van der Waals surface area contributed by atoms with Crippen molar-refractivity contribution in [2.45, 2.75) is 176 Å².